The molecular formula is C21H21BrFN3O4. The number of halogens is 2. The molecule has 0 saturated heterocycles. The molecule has 1 atom stereocenters. The molecule has 0 aliphatic heterocycles. The van der Waals surface area contributed by atoms with E-state index in [-0.39, 0.29) is 23.3 Å². The van der Waals surface area contributed by atoms with Crippen LogP contribution in [0.25, 0.3) is 0 Å². The van der Waals surface area contributed by atoms with Gasteiger partial charge in [0.25, 0.3) is 5.56 Å². The van der Waals surface area contributed by atoms with Crippen LogP contribution in [0.15, 0.2) is 46.1 Å². The van der Waals surface area contributed by atoms with E-state index in [0.717, 1.165) is 5.69 Å². The van der Waals surface area contributed by atoms with Crippen molar-refractivity contribution in [3.8, 4) is 5.75 Å². The topological polar surface area (TPSA) is 97.2 Å². The van der Waals surface area contributed by atoms with Crippen LogP contribution in [-0.2, 0) is 22.5 Å². The van der Waals surface area contributed by atoms with E-state index in [1.807, 2.05) is 0 Å². The van der Waals surface area contributed by atoms with Gasteiger partial charge in [-0.25, -0.2) is 9.37 Å². The molecule has 7 nitrogen and oxygen atoms in total. The number of imidazole rings is 1. The number of pyridine rings is 1. The molecule has 0 spiro atoms. The Morgan fingerprint density at radius 2 is 2.17 bits per heavy atom. The lowest BCUT2D eigenvalue weighted by molar-refractivity contribution is -0.140. The van der Waals surface area contributed by atoms with Gasteiger partial charge in [0.15, 0.2) is 0 Å². The lowest BCUT2D eigenvalue weighted by Gasteiger charge is -2.21. The molecule has 0 bridgehead atoms. The normalized spacial score (nSPS) is 12.0. The van der Waals surface area contributed by atoms with Gasteiger partial charge in [0.1, 0.15) is 11.6 Å². The van der Waals surface area contributed by atoms with Gasteiger partial charge in [-0.15, -0.1) is 0 Å². The Balaban J connectivity index is 2.11. The molecule has 0 fully saturated rings. The summed E-state index contributed by atoms with van der Waals surface area (Å²) in [6.07, 6.45) is 3.44. The number of H-pyrrole nitrogens is 1. The van der Waals surface area contributed by atoms with Crippen LogP contribution in [0.5, 0.6) is 5.75 Å². The number of hydrogen-bond donors (Lipinski definition) is 2. The van der Waals surface area contributed by atoms with E-state index in [2.05, 4.69) is 25.9 Å². The van der Waals surface area contributed by atoms with Crippen LogP contribution < -0.4 is 5.56 Å². The molecule has 0 saturated carbocycles. The van der Waals surface area contributed by atoms with Crippen molar-refractivity contribution in [1.82, 2.24) is 14.5 Å². The maximum atomic E-state index is 14.7. The van der Waals surface area contributed by atoms with E-state index in [1.54, 1.807) is 25.5 Å². The second kappa shape index (κ2) is 9.25. The molecule has 3 aromatic rings. The van der Waals surface area contributed by atoms with Gasteiger partial charge >= 0.3 is 5.97 Å². The number of aryl methyl sites for hydroxylation is 2. The minimum Gasteiger partial charge on any atom is -0.507 e. The summed E-state index contributed by atoms with van der Waals surface area (Å²) in [6, 6.07) is 5.80. The first-order valence-electron chi connectivity index (χ1n) is 9.24. The number of benzene rings is 1. The molecule has 3 rings (SSSR count). The fraction of sp³-hybridized carbons (Fsp3) is 0.286. The van der Waals surface area contributed by atoms with Crippen LogP contribution >= 0.6 is 15.9 Å². The molecule has 2 N–H and O–H groups in total. The Bertz CT molecular complexity index is 1110. The van der Waals surface area contributed by atoms with Crippen molar-refractivity contribution < 1.29 is 19.0 Å². The average Bonchev–Trinajstić information content (AvgIpc) is 3.20. The van der Waals surface area contributed by atoms with Crippen molar-refractivity contribution in [2.45, 2.75) is 32.2 Å². The summed E-state index contributed by atoms with van der Waals surface area (Å²) < 4.78 is 21.5. The molecule has 0 aliphatic carbocycles. The Kier molecular flexibility index (Phi) is 6.71. The number of nitrogens with zero attached hydrogens (tertiary/aromatic N) is 2. The molecule has 1 aromatic carbocycles. The maximum absolute atomic E-state index is 14.7. The zero-order chi connectivity index (χ0) is 21.8. The lowest BCUT2D eigenvalue weighted by Crippen LogP contribution is -2.29. The molecule has 0 unspecified atom stereocenters. The van der Waals surface area contributed by atoms with E-state index in [0.29, 0.717) is 23.1 Å². The van der Waals surface area contributed by atoms with Crippen LogP contribution in [0.2, 0.25) is 0 Å². The molecule has 2 aromatic heterocycles. The smallest absolute Gasteiger partial charge is 0.306 e. The summed E-state index contributed by atoms with van der Waals surface area (Å²) in [6.45, 7) is 2.03. The number of carbonyl (C=O) groups excluding carboxylic acids is 1. The molecule has 0 amide bonds. The minimum absolute atomic E-state index is 0.0446. The van der Waals surface area contributed by atoms with Crippen molar-refractivity contribution in [3.05, 3.63) is 79.9 Å². The van der Waals surface area contributed by atoms with E-state index >= 15 is 0 Å². The number of hydrogen-bond acceptors (Lipinski definition) is 5. The Morgan fingerprint density at radius 1 is 1.40 bits per heavy atom. The van der Waals surface area contributed by atoms with Gasteiger partial charge in [-0.2, -0.15) is 0 Å². The Hall–Kier alpha value is -2.94. The first-order chi connectivity index (χ1) is 14.3. The summed E-state index contributed by atoms with van der Waals surface area (Å²) in [4.78, 5) is 32.3. The van der Waals surface area contributed by atoms with E-state index in [9.17, 15) is 19.1 Å². The second-order valence-corrected chi connectivity index (χ2v) is 7.78. The highest BCUT2D eigenvalue weighted by atomic mass is 79.9. The molecule has 30 heavy (non-hydrogen) atoms. The predicted molar refractivity (Wildman–Crippen MR) is 112 cm³/mol. The third-order valence-corrected chi connectivity index (χ3v) is 5.46. The van der Waals surface area contributed by atoms with Crippen LogP contribution in [0.3, 0.4) is 0 Å². The highest BCUT2D eigenvalue weighted by Gasteiger charge is 2.28. The van der Waals surface area contributed by atoms with E-state index in [1.165, 1.54) is 29.9 Å². The number of aromatic nitrogens is 3. The number of carbonyl (C=O) groups is 1. The largest absolute Gasteiger partial charge is 0.507 e. The van der Waals surface area contributed by atoms with E-state index in [4.69, 9.17) is 4.74 Å². The van der Waals surface area contributed by atoms with E-state index < -0.39 is 23.3 Å². The van der Waals surface area contributed by atoms with Crippen molar-refractivity contribution in [3.63, 3.8) is 0 Å². The third-order valence-electron chi connectivity index (χ3n) is 4.97. The number of rotatable bonds is 7. The highest BCUT2D eigenvalue weighted by Crippen LogP contribution is 2.34. The van der Waals surface area contributed by atoms with Crippen molar-refractivity contribution in [1.29, 1.82) is 0 Å². The monoisotopic (exact) mass is 477 g/mol. The summed E-state index contributed by atoms with van der Waals surface area (Å²) in [5.41, 5.74) is 0.995. The Morgan fingerprint density at radius 3 is 2.80 bits per heavy atom. The van der Waals surface area contributed by atoms with Crippen molar-refractivity contribution >= 4 is 21.9 Å². The SMILES string of the molecule is COC(=O)C[C@H](c1ccc(Br)cc1F)c1c(O)cc(C)n(CCc2cnc[nH]2)c1=O. The van der Waals surface area contributed by atoms with Gasteiger partial charge in [0.2, 0.25) is 0 Å². The standard InChI is InChI=1S/C21H21BrFN3O4/c1-12-7-18(27)20(21(29)26(12)6-5-14-10-24-11-25-14)16(9-19(28)30-2)15-4-3-13(22)8-17(15)23/h3-4,7-8,10-11,16,27H,5-6,9H2,1-2H3,(H,24,25)/t16-/m1/s1. The molecule has 0 aliphatic rings. The van der Waals surface area contributed by atoms with Gasteiger partial charge in [-0.05, 0) is 30.7 Å². The zero-order valence-corrected chi connectivity index (χ0v) is 18.1. The number of aromatic amines is 1. The van der Waals surface area contributed by atoms with Gasteiger partial charge in [-0.1, -0.05) is 22.0 Å². The van der Waals surface area contributed by atoms with Gasteiger partial charge < -0.3 is 19.4 Å². The predicted octanol–water partition coefficient (Wildman–Crippen LogP) is 3.42. The minimum atomic E-state index is -1.00. The van der Waals surface area contributed by atoms with Crippen molar-refractivity contribution in [2.75, 3.05) is 7.11 Å². The van der Waals surface area contributed by atoms with Crippen molar-refractivity contribution in [2.24, 2.45) is 0 Å². The Labute approximate surface area is 180 Å². The van der Waals surface area contributed by atoms with Crippen LogP contribution in [-0.4, -0.2) is 32.7 Å². The first-order valence-corrected chi connectivity index (χ1v) is 10.0. The first kappa shape index (κ1) is 21.8. The third kappa shape index (κ3) is 4.62. The van der Waals surface area contributed by atoms with Crippen LogP contribution in [0.4, 0.5) is 4.39 Å². The number of esters is 1. The molecule has 158 valence electrons. The fourth-order valence-corrected chi connectivity index (χ4v) is 3.76. The second-order valence-electron chi connectivity index (χ2n) is 6.87. The van der Waals surface area contributed by atoms with Gasteiger partial charge in [0.05, 0.1) is 25.4 Å². The molecule has 0 radical (unpaired) electrons. The quantitative estimate of drug-likeness (QED) is 0.508. The molecule has 9 heteroatoms. The van der Waals surface area contributed by atoms with Gasteiger partial charge in [0, 0.05) is 40.9 Å². The van der Waals surface area contributed by atoms with Crippen LogP contribution in [0.1, 0.15) is 34.9 Å². The maximum Gasteiger partial charge on any atom is 0.306 e. The van der Waals surface area contributed by atoms with Crippen LogP contribution in [0, 0.1) is 12.7 Å². The summed E-state index contributed by atoms with van der Waals surface area (Å²) in [5.74, 6) is -2.50. The van der Waals surface area contributed by atoms with Gasteiger partial charge in [-0.3, -0.25) is 9.59 Å². The average molecular weight is 478 g/mol. The summed E-state index contributed by atoms with van der Waals surface area (Å²) >= 11 is 3.20. The lowest BCUT2D eigenvalue weighted by atomic mass is 9.88. The number of nitrogens with one attached hydrogen (secondary N) is 1. The summed E-state index contributed by atoms with van der Waals surface area (Å²) in [5, 5.41) is 10.6. The summed E-state index contributed by atoms with van der Waals surface area (Å²) in [7, 11) is 1.22. The highest BCUT2D eigenvalue weighted by molar-refractivity contribution is 9.10. The molecule has 2 heterocycles. The zero-order valence-electron chi connectivity index (χ0n) is 16.5. The number of methoxy groups -OCH3 is 1. The number of aromatic hydroxyl groups is 1. The fourth-order valence-electron chi connectivity index (χ4n) is 3.43. The number of ether oxygens (including phenoxy) is 1. The molecular weight excluding hydrogens is 457 g/mol.